The van der Waals surface area contributed by atoms with Gasteiger partial charge in [0, 0.05) is 48.2 Å². The van der Waals surface area contributed by atoms with Crippen molar-refractivity contribution in [2.24, 2.45) is 5.73 Å². The van der Waals surface area contributed by atoms with Gasteiger partial charge < -0.3 is 31.4 Å². The van der Waals surface area contributed by atoms with Crippen molar-refractivity contribution < 1.29 is 37.9 Å². The average Bonchev–Trinajstić information content (AvgIpc) is 3.77. The molecule has 2 aliphatic rings. The van der Waals surface area contributed by atoms with Crippen molar-refractivity contribution in [3.8, 4) is 0 Å². The van der Waals surface area contributed by atoms with Gasteiger partial charge in [-0.25, -0.2) is 8.78 Å². The first-order valence-corrected chi connectivity index (χ1v) is 18.3. The van der Waals surface area contributed by atoms with Gasteiger partial charge in [-0.3, -0.25) is 24.0 Å². The van der Waals surface area contributed by atoms with Gasteiger partial charge in [-0.15, -0.1) is 0 Å². The van der Waals surface area contributed by atoms with Crippen LogP contribution < -0.4 is 16.4 Å². The second kappa shape index (κ2) is 16.3. The molecular weight excluding hydrogens is 696 g/mol. The number of aromatic nitrogens is 1. The minimum absolute atomic E-state index is 0.0282. The topological polar surface area (TPSA) is 175 Å². The van der Waals surface area contributed by atoms with Gasteiger partial charge >= 0.3 is 0 Å². The summed E-state index contributed by atoms with van der Waals surface area (Å²) in [6, 6.07) is 20.8. The van der Waals surface area contributed by atoms with Crippen LogP contribution in [0.3, 0.4) is 0 Å². The van der Waals surface area contributed by atoms with E-state index in [4.69, 9.17) is 5.73 Å². The Balaban J connectivity index is 1.20. The Morgan fingerprint density at radius 3 is 2.24 bits per heavy atom. The number of Topliss-reactive ketones (excluding diaryl/α,β-unsaturated/α-hetero) is 1. The number of hydrogen-bond acceptors (Lipinski definition) is 6. The molecule has 4 aromatic rings. The Hall–Kier alpha value is -5.43. The van der Waals surface area contributed by atoms with Crippen LogP contribution in [0.5, 0.6) is 0 Å². The molecule has 0 bridgehead atoms. The molecule has 2 aliphatic heterocycles. The van der Waals surface area contributed by atoms with Crippen molar-refractivity contribution in [1.29, 1.82) is 0 Å². The molecule has 3 aromatic carbocycles. The number of nitrogens with two attached hydrogens (primary N) is 1. The first-order chi connectivity index (χ1) is 25.8. The number of aromatic amines is 1. The lowest BCUT2D eigenvalue weighted by atomic mass is 9.85. The summed E-state index contributed by atoms with van der Waals surface area (Å²) in [4.78, 5) is 72.0. The Morgan fingerprint density at radius 1 is 0.944 bits per heavy atom. The van der Waals surface area contributed by atoms with Crippen LogP contribution in [-0.4, -0.2) is 74.7 Å². The molecule has 284 valence electrons. The second-order valence-electron chi connectivity index (χ2n) is 14.5. The van der Waals surface area contributed by atoms with Crippen molar-refractivity contribution in [3.63, 3.8) is 0 Å². The SMILES string of the molecule is CC(F)(F)c1ccc2[nH]c(C(=O)N[C@H]3CC[C@H](O)C[C@H]4CC[C@@H](C(=O)N[C@@H](CCC(N)=O)C(=O)CC(c5ccccc5)c5ccccc5)N4C3=O)cc2c1. The number of aliphatic hydroxyl groups excluding tert-OH is 1. The molecule has 0 saturated carbocycles. The Kier molecular flexibility index (Phi) is 11.6. The predicted octanol–water partition coefficient (Wildman–Crippen LogP) is 4.82. The summed E-state index contributed by atoms with van der Waals surface area (Å²) >= 11 is 0. The fourth-order valence-electron chi connectivity index (χ4n) is 7.71. The fraction of sp³-hybridized carbons (Fsp3) is 0.390. The van der Waals surface area contributed by atoms with Crippen molar-refractivity contribution in [3.05, 3.63) is 107 Å². The van der Waals surface area contributed by atoms with Crippen LogP contribution in [0, 0.1) is 0 Å². The molecule has 6 N–H and O–H groups in total. The van der Waals surface area contributed by atoms with Crippen LogP contribution in [0.1, 0.15) is 91.4 Å². The van der Waals surface area contributed by atoms with Gasteiger partial charge in [-0.1, -0.05) is 66.7 Å². The van der Waals surface area contributed by atoms with E-state index in [-0.39, 0.29) is 67.9 Å². The number of alkyl halides is 2. The number of benzene rings is 3. The van der Waals surface area contributed by atoms with E-state index in [1.54, 1.807) is 0 Å². The number of rotatable bonds is 13. The van der Waals surface area contributed by atoms with Crippen LogP contribution in [0.15, 0.2) is 84.9 Å². The summed E-state index contributed by atoms with van der Waals surface area (Å²) in [5.41, 5.74) is 7.60. The Bertz CT molecular complexity index is 1960. The van der Waals surface area contributed by atoms with Crippen molar-refractivity contribution in [2.45, 2.75) is 100 Å². The predicted molar refractivity (Wildman–Crippen MR) is 197 cm³/mol. The van der Waals surface area contributed by atoms with E-state index in [0.29, 0.717) is 17.3 Å². The van der Waals surface area contributed by atoms with Gasteiger partial charge in [-0.05, 0) is 67.9 Å². The summed E-state index contributed by atoms with van der Waals surface area (Å²) in [6.07, 6.45) is 0.291. The summed E-state index contributed by atoms with van der Waals surface area (Å²) in [7, 11) is 0. The maximum absolute atomic E-state index is 14.2. The smallest absolute Gasteiger partial charge is 0.270 e. The van der Waals surface area contributed by atoms with Gasteiger partial charge in [-0.2, -0.15) is 0 Å². The first kappa shape index (κ1) is 38.3. The zero-order valence-corrected chi connectivity index (χ0v) is 30.0. The van der Waals surface area contributed by atoms with E-state index in [2.05, 4.69) is 15.6 Å². The molecule has 3 heterocycles. The number of carbonyl (C=O) groups excluding carboxylic acids is 5. The monoisotopic (exact) mass is 741 g/mol. The van der Waals surface area contributed by atoms with Gasteiger partial charge in [0.2, 0.25) is 17.7 Å². The molecule has 1 aromatic heterocycles. The lowest BCUT2D eigenvalue weighted by molar-refractivity contribution is -0.144. The van der Waals surface area contributed by atoms with Gasteiger partial charge in [0.05, 0.1) is 12.1 Å². The van der Waals surface area contributed by atoms with Crippen molar-refractivity contribution >= 4 is 40.3 Å². The van der Waals surface area contributed by atoms with Crippen LogP contribution in [0.2, 0.25) is 0 Å². The largest absolute Gasteiger partial charge is 0.393 e. The average molecular weight is 742 g/mol. The third-order valence-electron chi connectivity index (χ3n) is 10.6. The number of primary amides is 1. The molecular formula is C41H45F2N5O6. The highest BCUT2D eigenvalue weighted by Gasteiger charge is 2.46. The molecule has 54 heavy (non-hydrogen) atoms. The van der Waals surface area contributed by atoms with E-state index in [9.17, 15) is 37.9 Å². The molecule has 2 fully saturated rings. The number of hydrogen-bond donors (Lipinski definition) is 5. The summed E-state index contributed by atoms with van der Waals surface area (Å²) in [5, 5.41) is 16.8. The third kappa shape index (κ3) is 8.84. The van der Waals surface area contributed by atoms with E-state index in [0.717, 1.165) is 18.1 Å². The van der Waals surface area contributed by atoms with E-state index in [1.807, 2.05) is 60.7 Å². The van der Waals surface area contributed by atoms with Crippen LogP contribution in [0.4, 0.5) is 8.78 Å². The third-order valence-corrected chi connectivity index (χ3v) is 10.6. The summed E-state index contributed by atoms with van der Waals surface area (Å²) in [5.74, 6) is -6.06. The maximum Gasteiger partial charge on any atom is 0.270 e. The maximum atomic E-state index is 14.2. The highest BCUT2D eigenvalue weighted by atomic mass is 19.3. The molecule has 6 rings (SSSR count). The number of aliphatic hydroxyl groups is 1. The first-order valence-electron chi connectivity index (χ1n) is 18.3. The quantitative estimate of drug-likeness (QED) is 0.131. The molecule has 0 spiro atoms. The minimum atomic E-state index is -3.07. The number of fused-ring (bicyclic) bond motifs is 2. The number of H-pyrrole nitrogens is 1. The number of nitrogens with zero attached hydrogens (tertiary/aromatic N) is 1. The molecule has 13 heteroatoms. The zero-order valence-electron chi connectivity index (χ0n) is 30.0. The lowest BCUT2D eigenvalue weighted by Gasteiger charge is -2.36. The Labute approximate surface area is 311 Å². The van der Waals surface area contributed by atoms with E-state index in [1.165, 1.54) is 29.2 Å². The summed E-state index contributed by atoms with van der Waals surface area (Å²) in [6.45, 7) is 0.786. The van der Waals surface area contributed by atoms with Crippen LogP contribution in [0.25, 0.3) is 10.9 Å². The minimum Gasteiger partial charge on any atom is -0.393 e. The molecule has 4 amide bonds. The molecule has 11 nitrogen and oxygen atoms in total. The van der Waals surface area contributed by atoms with Gasteiger partial charge in [0.15, 0.2) is 5.78 Å². The Morgan fingerprint density at radius 2 is 1.61 bits per heavy atom. The molecule has 0 radical (unpaired) electrons. The zero-order chi connectivity index (χ0) is 38.6. The number of carbonyl (C=O) groups is 5. The lowest BCUT2D eigenvalue weighted by Crippen LogP contribution is -2.58. The standard InChI is InChI=1S/C41H45F2N5O6/c1-41(42,43)27-12-15-31-26(20-27)21-34(45-31)38(52)47-33-16-14-29(49)22-28-13-18-35(48(28)40(33)54)39(53)46-32(17-19-37(44)51)36(50)23-30(24-8-4-2-5-9-24)25-10-6-3-7-11-25/h2-12,15,20-21,28-30,32-33,35,45,49H,13-14,16-19,22-23H2,1H3,(H2,44,51)(H,46,53)(H,47,52)/t28-,29+,32+,33+,35+/m1/s1. The number of amides is 4. The normalized spacial score (nSPS) is 20.9. The molecule has 0 unspecified atom stereocenters. The number of nitrogens with one attached hydrogen (secondary N) is 3. The number of ketones is 1. The highest BCUT2D eigenvalue weighted by molar-refractivity contribution is 6.01. The fourth-order valence-corrected chi connectivity index (χ4v) is 7.71. The van der Waals surface area contributed by atoms with Crippen LogP contribution >= 0.6 is 0 Å². The van der Waals surface area contributed by atoms with Gasteiger partial charge in [0.25, 0.3) is 11.8 Å². The summed E-state index contributed by atoms with van der Waals surface area (Å²) < 4.78 is 27.9. The van der Waals surface area contributed by atoms with Crippen molar-refractivity contribution in [1.82, 2.24) is 20.5 Å². The number of halogens is 2. The molecule has 5 atom stereocenters. The van der Waals surface area contributed by atoms with Crippen LogP contribution in [-0.2, 0) is 25.1 Å². The molecule has 0 aliphatic carbocycles. The van der Waals surface area contributed by atoms with Crippen molar-refractivity contribution in [2.75, 3.05) is 0 Å². The molecule has 2 saturated heterocycles. The van der Waals surface area contributed by atoms with Gasteiger partial charge in [0.1, 0.15) is 17.8 Å². The second-order valence-corrected chi connectivity index (χ2v) is 14.5. The van der Waals surface area contributed by atoms with E-state index >= 15 is 0 Å². The van der Waals surface area contributed by atoms with E-state index < -0.39 is 59.8 Å². The highest BCUT2D eigenvalue weighted by Crippen LogP contribution is 2.34.